The van der Waals surface area contributed by atoms with Crippen LogP contribution in [0.25, 0.3) is 22.3 Å². The van der Waals surface area contributed by atoms with Crippen molar-refractivity contribution in [1.82, 2.24) is 15.0 Å². The number of pyridine rings is 1. The smallest absolute Gasteiger partial charge is 0.163 e. The molecule has 5 heteroatoms. The number of hydrogen-bond donors (Lipinski definition) is 1. The fourth-order valence-electron chi connectivity index (χ4n) is 2.01. The van der Waals surface area contributed by atoms with Crippen LogP contribution in [0.15, 0.2) is 42.6 Å². The van der Waals surface area contributed by atoms with Crippen LogP contribution < -0.4 is 10.6 Å². The topological polar surface area (TPSA) is 67.9 Å². The molecule has 0 atom stereocenters. The van der Waals surface area contributed by atoms with E-state index in [0.717, 1.165) is 22.3 Å². The van der Waals surface area contributed by atoms with Gasteiger partial charge < -0.3 is 10.6 Å². The highest BCUT2D eigenvalue weighted by molar-refractivity contribution is 5.89. The Morgan fingerprint density at radius 2 is 1.80 bits per heavy atom. The molecule has 3 aromatic rings. The number of nitrogens with zero attached hydrogens (tertiary/aromatic N) is 4. The highest BCUT2D eigenvalue weighted by Crippen LogP contribution is 2.23. The predicted octanol–water partition coefficient (Wildman–Crippen LogP) is 2.34. The lowest BCUT2D eigenvalue weighted by molar-refractivity contribution is 1.07. The number of hydrogen-bond acceptors (Lipinski definition) is 5. The third-order valence-corrected chi connectivity index (χ3v) is 3.10. The predicted molar refractivity (Wildman–Crippen MR) is 81.5 cm³/mol. The van der Waals surface area contributed by atoms with Gasteiger partial charge in [-0.15, -0.1) is 0 Å². The van der Waals surface area contributed by atoms with Gasteiger partial charge in [0.15, 0.2) is 5.82 Å². The summed E-state index contributed by atoms with van der Waals surface area (Å²) in [6, 6.07) is 11.6. The van der Waals surface area contributed by atoms with E-state index in [2.05, 4.69) is 15.0 Å². The molecule has 0 spiro atoms. The van der Waals surface area contributed by atoms with Crippen LogP contribution in [0.3, 0.4) is 0 Å². The lowest BCUT2D eigenvalue weighted by Gasteiger charge is -2.11. The molecule has 0 aliphatic carbocycles. The number of nitrogen functional groups attached to an aromatic ring is 1. The number of rotatable bonds is 2. The standard InChI is InChI=1S/C15H15N5/c1-20(2)13-8-7-10(9-17-13)15-18-12-6-4-3-5-11(12)14(16)19-15/h3-9H,1-2H3,(H2,16,18,19). The minimum atomic E-state index is 0.488. The molecule has 3 rings (SSSR count). The van der Waals surface area contributed by atoms with Crippen LogP contribution >= 0.6 is 0 Å². The summed E-state index contributed by atoms with van der Waals surface area (Å²) in [7, 11) is 3.90. The van der Waals surface area contributed by atoms with E-state index in [-0.39, 0.29) is 0 Å². The second-order valence-electron chi connectivity index (χ2n) is 4.75. The summed E-state index contributed by atoms with van der Waals surface area (Å²) < 4.78 is 0. The van der Waals surface area contributed by atoms with Crippen LogP contribution in [0.2, 0.25) is 0 Å². The van der Waals surface area contributed by atoms with Gasteiger partial charge in [-0.05, 0) is 24.3 Å². The summed E-state index contributed by atoms with van der Waals surface area (Å²) in [5.41, 5.74) is 7.69. The van der Waals surface area contributed by atoms with Crippen LogP contribution in [-0.4, -0.2) is 29.0 Å². The van der Waals surface area contributed by atoms with Crippen molar-refractivity contribution in [1.29, 1.82) is 0 Å². The Balaban J connectivity index is 2.10. The molecule has 0 fully saturated rings. The van der Waals surface area contributed by atoms with Crippen molar-refractivity contribution in [3.05, 3.63) is 42.6 Å². The average molecular weight is 265 g/mol. The maximum atomic E-state index is 5.99. The van der Waals surface area contributed by atoms with Gasteiger partial charge in [0.1, 0.15) is 11.6 Å². The van der Waals surface area contributed by atoms with Crippen molar-refractivity contribution in [2.75, 3.05) is 24.7 Å². The van der Waals surface area contributed by atoms with Crippen LogP contribution in [0.1, 0.15) is 0 Å². The molecule has 0 bridgehead atoms. The number of para-hydroxylation sites is 1. The molecule has 2 heterocycles. The molecular formula is C15H15N5. The fraction of sp³-hybridized carbons (Fsp3) is 0.133. The summed E-state index contributed by atoms with van der Waals surface area (Å²) in [5, 5.41) is 0.870. The van der Waals surface area contributed by atoms with E-state index in [1.165, 1.54) is 0 Å². The molecule has 5 nitrogen and oxygen atoms in total. The second kappa shape index (κ2) is 4.77. The van der Waals surface area contributed by atoms with Gasteiger partial charge in [0.05, 0.1) is 5.52 Å². The van der Waals surface area contributed by atoms with Crippen molar-refractivity contribution < 1.29 is 0 Å². The summed E-state index contributed by atoms with van der Waals surface area (Å²) >= 11 is 0. The van der Waals surface area contributed by atoms with Gasteiger partial charge in [-0.2, -0.15) is 0 Å². The van der Waals surface area contributed by atoms with E-state index in [4.69, 9.17) is 5.73 Å². The van der Waals surface area contributed by atoms with Gasteiger partial charge in [0, 0.05) is 31.2 Å². The molecule has 20 heavy (non-hydrogen) atoms. The Hall–Kier alpha value is -2.69. The third-order valence-electron chi connectivity index (χ3n) is 3.10. The highest BCUT2D eigenvalue weighted by Gasteiger charge is 2.07. The van der Waals surface area contributed by atoms with E-state index < -0.39 is 0 Å². The van der Waals surface area contributed by atoms with Crippen LogP contribution in [0.5, 0.6) is 0 Å². The zero-order valence-electron chi connectivity index (χ0n) is 11.4. The van der Waals surface area contributed by atoms with E-state index in [0.29, 0.717) is 11.6 Å². The molecule has 0 amide bonds. The third kappa shape index (κ3) is 2.14. The summed E-state index contributed by atoms with van der Waals surface area (Å²) in [6.45, 7) is 0. The molecule has 1 aromatic carbocycles. The normalized spacial score (nSPS) is 10.7. The Labute approximate surface area is 117 Å². The molecule has 0 unspecified atom stereocenters. The van der Waals surface area contributed by atoms with Crippen molar-refractivity contribution >= 4 is 22.5 Å². The van der Waals surface area contributed by atoms with Crippen molar-refractivity contribution in [3.63, 3.8) is 0 Å². The molecule has 0 saturated carbocycles. The summed E-state index contributed by atoms with van der Waals surface area (Å²) in [5.74, 6) is 1.98. The first-order valence-electron chi connectivity index (χ1n) is 6.31. The van der Waals surface area contributed by atoms with Gasteiger partial charge in [0.25, 0.3) is 0 Å². The van der Waals surface area contributed by atoms with E-state index >= 15 is 0 Å². The largest absolute Gasteiger partial charge is 0.383 e. The van der Waals surface area contributed by atoms with Gasteiger partial charge in [-0.25, -0.2) is 15.0 Å². The number of nitrogens with two attached hydrogens (primary N) is 1. The SMILES string of the molecule is CN(C)c1ccc(-c2nc(N)c3ccccc3n2)cn1. The van der Waals surface area contributed by atoms with Crippen LogP contribution in [0, 0.1) is 0 Å². The molecule has 100 valence electrons. The lowest BCUT2D eigenvalue weighted by atomic mass is 10.2. The first-order chi connectivity index (χ1) is 9.65. The maximum Gasteiger partial charge on any atom is 0.163 e. The number of aromatic nitrogens is 3. The van der Waals surface area contributed by atoms with Crippen molar-refractivity contribution in [2.24, 2.45) is 0 Å². The van der Waals surface area contributed by atoms with Gasteiger partial charge in [-0.3, -0.25) is 0 Å². The molecule has 0 radical (unpaired) electrons. The fourth-order valence-corrected chi connectivity index (χ4v) is 2.01. The molecular weight excluding hydrogens is 250 g/mol. The highest BCUT2D eigenvalue weighted by atomic mass is 15.1. The van der Waals surface area contributed by atoms with Gasteiger partial charge in [-0.1, -0.05) is 12.1 Å². The first kappa shape index (κ1) is 12.3. The summed E-state index contributed by atoms with van der Waals surface area (Å²) in [6.07, 6.45) is 1.76. The maximum absolute atomic E-state index is 5.99. The Morgan fingerprint density at radius 1 is 1.00 bits per heavy atom. The Bertz CT molecular complexity index is 750. The number of fused-ring (bicyclic) bond motifs is 1. The molecule has 0 aliphatic heterocycles. The minimum Gasteiger partial charge on any atom is -0.383 e. The van der Waals surface area contributed by atoms with Crippen molar-refractivity contribution in [2.45, 2.75) is 0 Å². The molecule has 2 aromatic heterocycles. The van der Waals surface area contributed by atoms with Crippen LogP contribution in [0.4, 0.5) is 11.6 Å². The molecule has 2 N–H and O–H groups in total. The van der Waals surface area contributed by atoms with Crippen LogP contribution in [-0.2, 0) is 0 Å². The zero-order valence-corrected chi connectivity index (χ0v) is 11.4. The first-order valence-corrected chi connectivity index (χ1v) is 6.31. The van der Waals surface area contributed by atoms with Crippen molar-refractivity contribution in [3.8, 4) is 11.4 Å². The monoisotopic (exact) mass is 265 g/mol. The second-order valence-corrected chi connectivity index (χ2v) is 4.75. The lowest BCUT2D eigenvalue weighted by Crippen LogP contribution is -2.10. The zero-order chi connectivity index (χ0) is 14.1. The molecule has 0 saturated heterocycles. The summed E-state index contributed by atoms with van der Waals surface area (Å²) in [4.78, 5) is 15.2. The number of anilines is 2. The quantitative estimate of drug-likeness (QED) is 0.770. The van der Waals surface area contributed by atoms with Gasteiger partial charge >= 0.3 is 0 Å². The van der Waals surface area contributed by atoms with E-state index in [1.54, 1.807) is 6.20 Å². The Kier molecular flexibility index (Phi) is 2.95. The van der Waals surface area contributed by atoms with Gasteiger partial charge in [0.2, 0.25) is 0 Å². The van der Waals surface area contributed by atoms with E-state index in [1.807, 2.05) is 55.4 Å². The minimum absolute atomic E-state index is 0.488. The number of benzene rings is 1. The Morgan fingerprint density at radius 3 is 2.50 bits per heavy atom. The average Bonchev–Trinajstić information content (AvgIpc) is 2.47. The molecule has 0 aliphatic rings. The van der Waals surface area contributed by atoms with E-state index in [9.17, 15) is 0 Å².